The van der Waals surface area contributed by atoms with Crippen LogP contribution in [0.15, 0.2) is 0 Å². The van der Waals surface area contributed by atoms with Gasteiger partial charge in [-0.2, -0.15) is 0 Å². The van der Waals surface area contributed by atoms with E-state index in [-0.39, 0.29) is 0 Å². The Kier molecular flexibility index (Phi) is 5.63. The van der Waals surface area contributed by atoms with Crippen molar-refractivity contribution in [3.05, 3.63) is 0 Å². The molecule has 0 amide bonds. The Balaban J connectivity index is 1.82. The zero-order valence-electron chi connectivity index (χ0n) is 13.0. The van der Waals surface area contributed by atoms with Crippen molar-refractivity contribution in [3.63, 3.8) is 0 Å². The molecule has 4 nitrogen and oxygen atoms in total. The summed E-state index contributed by atoms with van der Waals surface area (Å²) in [5.74, 6) is 0.862. The van der Waals surface area contributed by atoms with Crippen LogP contribution in [0, 0.1) is 11.3 Å². The molecule has 0 aromatic heterocycles. The zero-order chi connectivity index (χ0) is 13.7. The Labute approximate surface area is 118 Å². The van der Waals surface area contributed by atoms with Gasteiger partial charge in [0.15, 0.2) is 0 Å². The van der Waals surface area contributed by atoms with Crippen LogP contribution in [-0.2, 0) is 4.74 Å². The lowest BCUT2D eigenvalue weighted by Gasteiger charge is -2.40. The van der Waals surface area contributed by atoms with E-state index in [4.69, 9.17) is 4.74 Å². The van der Waals surface area contributed by atoms with E-state index in [1.807, 2.05) is 0 Å². The lowest BCUT2D eigenvalue weighted by atomic mass is 9.79. The minimum Gasteiger partial charge on any atom is -0.381 e. The molecule has 2 aliphatic rings. The van der Waals surface area contributed by atoms with E-state index >= 15 is 0 Å². The molecule has 19 heavy (non-hydrogen) atoms. The van der Waals surface area contributed by atoms with Crippen molar-refractivity contribution < 1.29 is 4.74 Å². The second kappa shape index (κ2) is 7.02. The standard InChI is InChI=1S/C15H31N3O/c1-16-12-15(5-8-19-9-6-15)13-18(3)11-14-4-7-17(2)10-14/h14,16H,4-13H2,1-3H3. The highest BCUT2D eigenvalue weighted by molar-refractivity contribution is 4.87. The Morgan fingerprint density at radius 3 is 2.68 bits per heavy atom. The molecule has 1 N–H and O–H groups in total. The maximum absolute atomic E-state index is 5.55. The first-order valence-corrected chi connectivity index (χ1v) is 7.73. The number of likely N-dealkylation sites (tertiary alicyclic amines) is 1. The molecule has 2 heterocycles. The molecule has 1 unspecified atom stereocenters. The third-order valence-corrected chi connectivity index (χ3v) is 4.77. The van der Waals surface area contributed by atoms with Gasteiger partial charge in [-0.3, -0.25) is 0 Å². The van der Waals surface area contributed by atoms with Crippen molar-refractivity contribution >= 4 is 0 Å². The molecule has 112 valence electrons. The van der Waals surface area contributed by atoms with Crippen LogP contribution >= 0.6 is 0 Å². The van der Waals surface area contributed by atoms with Gasteiger partial charge < -0.3 is 19.9 Å². The van der Waals surface area contributed by atoms with Crippen LogP contribution in [0.1, 0.15) is 19.3 Å². The summed E-state index contributed by atoms with van der Waals surface area (Å²) in [4.78, 5) is 5.02. The lowest BCUT2D eigenvalue weighted by Crippen LogP contribution is -2.46. The van der Waals surface area contributed by atoms with E-state index in [0.29, 0.717) is 5.41 Å². The van der Waals surface area contributed by atoms with Crippen LogP contribution < -0.4 is 5.32 Å². The van der Waals surface area contributed by atoms with Crippen molar-refractivity contribution in [2.24, 2.45) is 11.3 Å². The van der Waals surface area contributed by atoms with Crippen molar-refractivity contribution in [3.8, 4) is 0 Å². The lowest BCUT2D eigenvalue weighted by molar-refractivity contribution is -0.00134. The molecular weight excluding hydrogens is 238 g/mol. The third-order valence-electron chi connectivity index (χ3n) is 4.77. The highest BCUT2D eigenvalue weighted by Crippen LogP contribution is 2.31. The summed E-state index contributed by atoms with van der Waals surface area (Å²) in [6, 6.07) is 0. The summed E-state index contributed by atoms with van der Waals surface area (Å²) in [7, 11) is 6.61. The van der Waals surface area contributed by atoms with Gasteiger partial charge in [0.2, 0.25) is 0 Å². The molecule has 1 atom stereocenters. The van der Waals surface area contributed by atoms with Gasteiger partial charge in [-0.25, -0.2) is 0 Å². The van der Waals surface area contributed by atoms with Crippen LogP contribution in [0.5, 0.6) is 0 Å². The summed E-state index contributed by atoms with van der Waals surface area (Å²) in [5.41, 5.74) is 0.423. The van der Waals surface area contributed by atoms with E-state index < -0.39 is 0 Å². The average Bonchev–Trinajstić information content (AvgIpc) is 2.75. The summed E-state index contributed by atoms with van der Waals surface area (Å²) in [5, 5.41) is 3.39. The van der Waals surface area contributed by atoms with Gasteiger partial charge >= 0.3 is 0 Å². The minimum absolute atomic E-state index is 0.423. The van der Waals surface area contributed by atoms with Crippen LogP contribution in [0.3, 0.4) is 0 Å². The molecular formula is C15H31N3O. The quantitative estimate of drug-likeness (QED) is 0.775. The minimum atomic E-state index is 0.423. The zero-order valence-corrected chi connectivity index (χ0v) is 13.0. The Morgan fingerprint density at radius 1 is 1.37 bits per heavy atom. The van der Waals surface area contributed by atoms with Crippen LogP contribution in [-0.4, -0.2) is 76.9 Å². The van der Waals surface area contributed by atoms with Crippen LogP contribution in [0.25, 0.3) is 0 Å². The molecule has 4 heteroatoms. The van der Waals surface area contributed by atoms with Crippen LogP contribution in [0.2, 0.25) is 0 Å². The molecule has 2 aliphatic heterocycles. The number of nitrogens with one attached hydrogen (secondary N) is 1. The van der Waals surface area contributed by atoms with Gasteiger partial charge in [-0.15, -0.1) is 0 Å². The van der Waals surface area contributed by atoms with E-state index in [0.717, 1.165) is 25.7 Å². The third kappa shape index (κ3) is 4.42. The van der Waals surface area contributed by atoms with Crippen molar-refractivity contribution in [1.29, 1.82) is 0 Å². The van der Waals surface area contributed by atoms with Crippen molar-refractivity contribution in [2.75, 3.05) is 67.1 Å². The van der Waals surface area contributed by atoms with E-state index in [9.17, 15) is 0 Å². The first-order chi connectivity index (χ1) is 9.13. The summed E-state index contributed by atoms with van der Waals surface area (Å²) in [6.07, 6.45) is 3.76. The van der Waals surface area contributed by atoms with Gasteiger partial charge in [0.05, 0.1) is 0 Å². The fraction of sp³-hybridized carbons (Fsp3) is 1.00. The highest BCUT2D eigenvalue weighted by atomic mass is 16.5. The van der Waals surface area contributed by atoms with Crippen molar-refractivity contribution in [2.45, 2.75) is 19.3 Å². The van der Waals surface area contributed by atoms with Gasteiger partial charge in [0.25, 0.3) is 0 Å². The van der Waals surface area contributed by atoms with E-state index in [1.165, 1.54) is 45.4 Å². The van der Waals surface area contributed by atoms with E-state index in [2.05, 4.69) is 36.3 Å². The van der Waals surface area contributed by atoms with Gasteiger partial charge in [-0.1, -0.05) is 0 Å². The number of nitrogens with zero attached hydrogens (tertiary/aromatic N) is 2. The number of rotatable bonds is 6. The number of ether oxygens (including phenoxy) is 1. The number of hydrogen-bond acceptors (Lipinski definition) is 4. The normalized spacial score (nSPS) is 28.1. The second-order valence-corrected chi connectivity index (χ2v) is 6.76. The fourth-order valence-corrected chi connectivity index (χ4v) is 3.82. The predicted octanol–water partition coefficient (Wildman–Crippen LogP) is 0.886. The monoisotopic (exact) mass is 269 g/mol. The summed E-state index contributed by atoms with van der Waals surface area (Å²) < 4.78 is 5.55. The predicted molar refractivity (Wildman–Crippen MR) is 79.5 cm³/mol. The van der Waals surface area contributed by atoms with E-state index in [1.54, 1.807) is 0 Å². The summed E-state index contributed by atoms with van der Waals surface area (Å²) in [6.45, 7) is 7.98. The van der Waals surface area contributed by atoms with Gasteiger partial charge in [0, 0.05) is 39.4 Å². The van der Waals surface area contributed by atoms with Crippen molar-refractivity contribution in [1.82, 2.24) is 15.1 Å². The topological polar surface area (TPSA) is 27.7 Å². The second-order valence-electron chi connectivity index (χ2n) is 6.76. The Morgan fingerprint density at radius 2 is 2.11 bits per heavy atom. The smallest absolute Gasteiger partial charge is 0.0472 e. The summed E-state index contributed by atoms with van der Waals surface area (Å²) >= 11 is 0. The van der Waals surface area contributed by atoms with Crippen LogP contribution in [0.4, 0.5) is 0 Å². The molecule has 0 radical (unpaired) electrons. The fourth-order valence-electron chi connectivity index (χ4n) is 3.82. The average molecular weight is 269 g/mol. The molecule has 2 fully saturated rings. The maximum Gasteiger partial charge on any atom is 0.0472 e. The molecule has 0 aromatic carbocycles. The Bertz CT molecular complexity index is 261. The van der Waals surface area contributed by atoms with Gasteiger partial charge in [0.1, 0.15) is 0 Å². The molecule has 0 aliphatic carbocycles. The first-order valence-electron chi connectivity index (χ1n) is 7.73. The molecule has 0 saturated carbocycles. The SMILES string of the molecule is CNCC1(CN(C)CC2CCN(C)C2)CCOCC1. The first kappa shape index (κ1) is 15.2. The molecule has 2 saturated heterocycles. The number of hydrogen-bond donors (Lipinski definition) is 1. The maximum atomic E-state index is 5.55. The highest BCUT2D eigenvalue weighted by Gasteiger charge is 2.33. The Hall–Kier alpha value is -0.160. The molecule has 0 bridgehead atoms. The largest absolute Gasteiger partial charge is 0.381 e. The van der Waals surface area contributed by atoms with Gasteiger partial charge in [-0.05, 0) is 58.3 Å². The molecule has 0 aromatic rings. The molecule has 0 spiro atoms. The molecule has 2 rings (SSSR count).